The van der Waals surface area contributed by atoms with Gasteiger partial charge in [-0.25, -0.2) is 9.59 Å². The second-order valence-electron chi connectivity index (χ2n) is 8.40. The second-order valence-corrected chi connectivity index (χ2v) is 9.47. The monoisotopic (exact) mass is 489 g/mol. The Hall–Kier alpha value is -3.00. The molecular formula is C26H35NO6S. The summed E-state index contributed by atoms with van der Waals surface area (Å²) in [6.45, 7) is 8.40. The Morgan fingerprint density at radius 2 is 1.59 bits per heavy atom. The number of carbonyl (C=O) groups is 3. The topological polar surface area (TPSA) is 124 Å². The second kappa shape index (κ2) is 15.0. The molecule has 0 aliphatic rings. The number of nitrogens with one attached hydrogen (secondary N) is 1. The molecule has 1 aromatic rings. The zero-order valence-electron chi connectivity index (χ0n) is 20.3. The van der Waals surface area contributed by atoms with Gasteiger partial charge in [0.25, 0.3) is 5.91 Å². The summed E-state index contributed by atoms with van der Waals surface area (Å²) >= 11 is 1.39. The number of amides is 1. The number of hydrogen-bond acceptors (Lipinski definition) is 5. The van der Waals surface area contributed by atoms with Gasteiger partial charge in [-0.3, -0.25) is 4.79 Å². The molecule has 1 unspecified atom stereocenters. The van der Waals surface area contributed by atoms with E-state index in [4.69, 9.17) is 5.11 Å². The predicted molar refractivity (Wildman–Crippen MR) is 137 cm³/mol. The smallest absolute Gasteiger partial charge is 0.339 e. The van der Waals surface area contributed by atoms with Crippen LogP contribution in [0.25, 0.3) is 0 Å². The van der Waals surface area contributed by atoms with Crippen LogP contribution in [0.4, 0.5) is 0 Å². The zero-order valence-corrected chi connectivity index (χ0v) is 21.1. The maximum atomic E-state index is 12.4. The molecule has 0 saturated carbocycles. The molecule has 0 bridgehead atoms. The summed E-state index contributed by atoms with van der Waals surface area (Å²) in [5.41, 5.74) is 3.48. The number of aliphatic carboxylic acids is 1. The van der Waals surface area contributed by atoms with Gasteiger partial charge in [-0.1, -0.05) is 34.9 Å². The molecule has 4 N–H and O–H groups in total. The van der Waals surface area contributed by atoms with Crippen molar-refractivity contribution in [2.24, 2.45) is 0 Å². The lowest BCUT2D eigenvalue weighted by Crippen LogP contribution is -2.42. The van der Waals surface area contributed by atoms with E-state index >= 15 is 0 Å². The number of benzene rings is 1. The fourth-order valence-electron chi connectivity index (χ4n) is 2.99. The van der Waals surface area contributed by atoms with E-state index in [1.807, 2.05) is 6.92 Å². The molecule has 0 spiro atoms. The average molecular weight is 490 g/mol. The molecule has 0 saturated heterocycles. The maximum absolute atomic E-state index is 12.4. The molecule has 0 fully saturated rings. The number of allylic oxidation sites excluding steroid dienone is 5. The van der Waals surface area contributed by atoms with Crippen molar-refractivity contribution >= 4 is 29.6 Å². The first kappa shape index (κ1) is 29.0. The lowest BCUT2D eigenvalue weighted by atomic mass is 10.1. The molecular weight excluding hydrogens is 454 g/mol. The van der Waals surface area contributed by atoms with Gasteiger partial charge >= 0.3 is 11.9 Å². The number of hydrogen-bond donors (Lipinski definition) is 4. The van der Waals surface area contributed by atoms with Crippen LogP contribution < -0.4 is 5.32 Å². The van der Waals surface area contributed by atoms with Gasteiger partial charge in [0.15, 0.2) is 0 Å². The maximum Gasteiger partial charge on any atom is 0.339 e. The summed E-state index contributed by atoms with van der Waals surface area (Å²) in [7, 11) is 0. The summed E-state index contributed by atoms with van der Waals surface area (Å²) in [4.78, 5) is 35.1. The molecule has 1 rings (SSSR count). The number of rotatable bonds is 14. The van der Waals surface area contributed by atoms with Crippen molar-refractivity contribution in [1.82, 2.24) is 5.32 Å². The van der Waals surface area contributed by atoms with Crippen LogP contribution in [0.15, 0.2) is 53.1 Å². The van der Waals surface area contributed by atoms with Crippen molar-refractivity contribution in [3.63, 3.8) is 0 Å². The van der Waals surface area contributed by atoms with Crippen LogP contribution in [0.3, 0.4) is 0 Å². The normalized spacial score (nSPS) is 12.7. The SMILES string of the molecule is CC(C)=CCC/C(C)=C/CC/C(C)=C/CSCC(NC(=O)c1ccc(O)c(C(=O)O)c1)C(=O)O. The van der Waals surface area contributed by atoms with Crippen LogP contribution in [0.2, 0.25) is 0 Å². The van der Waals surface area contributed by atoms with Gasteiger partial charge in [-0.15, -0.1) is 0 Å². The minimum Gasteiger partial charge on any atom is -0.507 e. The first-order chi connectivity index (χ1) is 16.0. The number of carboxylic acids is 2. The molecule has 0 aliphatic carbocycles. The van der Waals surface area contributed by atoms with Crippen molar-refractivity contribution in [3.05, 3.63) is 64.3 Å². The first-order valence-electron chi connectivity index (χ1n) is 11.1. The lowest BCUT2D eigenvalue weighted by Gasteiger charge is -2.14. The Morgan fingerprint density at radius 1 is 0.971 bits per heavy atom. The zero-order chi connectivity index (χ0) is 25.7. The highest BCUT2D eigenvalue weighted by Crippen LogP contribution is 2.19. The van der Waals surface area contributed by atoms with Crippen molar-refractivity contribution in [2.45, 2.75) is 59.4 Å². The number of phenols is 1. The third-order valence-electron chi connectivity index (χ3n) is 5.05. The molecule has 34 heavy (non-hydrogen) atoms. The standard InChI is InChI=1S/C26H35NO6S/c1-17(2)7-5-8-18(3)9-6-10-19(4)13-14-34-16-22(26(32)33)27-24(29)20-11-12-23(28)21(15-20)25(30)31/h7,9,11-13,15,22,28H,5-6,8,10,14,16H2,1-4H3,(H,27,29)(H,30,31)(H,32,33)/b18-9+,19-13+. The molecule has 7 nitrogen and oxygen atoms in total. The quantitative estimate of drug-likeness (QED) is 0.203. The van der Waals surface area contributed by atoms with E-state index in [1.165, 1.54) is 34.5 Å². The number of aromatic hydroxyl groups is 1. The summed E-state index contributed by atoms with van der Waals surface area (Å²) in [6, 6.07) is 2.23. The van der Waals surface area contributed by atoms with Gasteiger partial charge in [-0.2, -0.15) is 11.8 Å². The van der Waals surface area contributed by atoms with E-state index in [1.54, 1.807) is 0 Å². The van der Waals surface area contributed by atoms with Crippen LogP contribution in [0.1, 0.15) is 74.1 Å². The molecule has 0 radical (unpaired) electrons. The summed E-state index contributed by atoms with van der Waals surface area (Å²) in [5, 5.41) is 30.5. The van der Waals surface area contributed by atoms with E-state index in [9.17, 15) is 24.6 Å². The summed E-state index contributed by atoms with van der Waals surface area (Å²) in [6.07, 6.45) is 10.6. The molecule has 186 valence electrons. The third-order valence-corrected chi connectivity index (χ3v) is 6.02. The first-order valence-corrected chi connectivity index (χ1v) is 12.3. The van der Waals surface area contributed by atoms with Gasteiger partial charge in [0.2, 0.25) is 0 Å². The van der Waals surface area contributed by atoms with Crippen LogP contribution in [-0.2, 0) is 4.79 Å². The lowest BCUT2D eigenvalue weighted by molar-refractivity contribution is -0.138. The molecule has 1 atom stereocenters. The Balaban J connectivity index is 2.52. The number of carbonyl (C=O) groups excluding carboxylic acids is 1. The minimum absolute atomic E-state index is 0.0358. The van der Waals surface area contributed by atoms with Crippen LogP contribution in [0.5, 0.6) is 5.75 Å². The largest absolute Gasteiger partial charge is 0.507 e. The van der Waals surface area contributed by atoms with Crippen molar-refractivity contribution in [3.8, 4) is 5.75 Å². The van der Waals surface area contributed by atoms with Gasteiger partial charge in [0.1, 0.15) is 17.4 Å². The molecule has 0 heterocycles. The van der Waals surface area contributed by atoms with Crippen LogP contribution in [0, 0.1) is 0 Å². The highest BCUT2D eigenvalue weighted by Gasteiger charge is 2.22. The van der Waals surface area contributed by atoms with E-state index in [0.29, 0.717) is 5.75 Å². The van der Waals surface area contributed by atoms with Gasteiger partial charge < -0.3 is 20.6 Å². The van der Waals surface area contributed by atoms with Crippen molar-refractivity contribution in [2.75, 3.05) is 11.5 Å². The minimum atomic E-state index is -1.38. The van der Waals surface area contributed by atoms with E-state index in [-0.39, 0.29) is 11.3 Å². The third kappa shape index (κ3) is 11.2. The number of aromatic carboxylic acids is 1. The Morgan fingerprint density at radius 3 is 2.18 bits per heavy atom. The van der Waals surface area contributed by atoms with Crippen molar-refractivity contribution < 1.29 is 29.7 Å². The predicted octanol–water partition coefficient (Wildman–Crippen LogP) is 5.43. The summed E-state index contributed by atoms with van der Waals surface area (Å²) in [5.74, 6) is -2.95. The van der Waals surface area contributed by atoms with Crippen molar-refractivity contribution in [1.29, 1.82) is 0 Å². The fraction of sp³-hybridized carbons (Fsp3) is 0.423. The highest BCUT2D eigenvalue weighted by molar-refractivity contribution is 7.99. The molecule has 0 aromatic heterocycles. The van der Waals surface area contributed by atoms with E-state index < -0.39 is 35.2 Å². The number of thioether (sulfide) groups is 1. The Kier molecular flexibility index (Phi) is 12.8. The van der Waals surface area contributed by atoms with Crippen LogP contribution in [-0.4, -0.2) is 50.7 Å². The molecule has 0 aliphatic heterocycles. The molecule has 1 aromatic carbocycles. The Labute approximate surface area is 205 Å². The molecule has 8 heteroatoms. The van der Waals surface area contributed by atoms with Gasteiger partial charge in [0.05, 0.1) is 0 Å². The average Bonchev–Trinajstić information content (AvgIpc) is 2.75. The fourth-order valence-corrected chi connectivity index (χ4v) is 3.99. The molecule has 1 amide bonds. The van der Waals surface area contributed by atoms with E-state index in [0.717, 1.165) is 37.8 Å². The van der Waals surface area contributed by atoms with E-state index in [2.05, 4.69) is 44.3 Å². The van der Waals surface area contributed by atoms with Gasteiger partial charge in [-0.05, 0) is 71.6 Å². The highest BCUT2D eigenvalue weighted by atomic mass is 32.2. The number of carboxylic acid groups (broad SMARTS) is 2. The Bertz CT molecular complexity index is 960. The van der Waals surface area contributed by atoms with Crippen LogP contribution >= 0.6 is 11.8 Å². The van der Waals surface area contributed by atoms with Gasteiger partial charge in [0, 0.05) is 17.1 Å². The summed E-state index contributed by atoms with van der Waals surface area (Å²) < 4.78 is 0.